The standard InChI is InChI=1S/C33H47NO6Si/c1-23-28(36-5)18-26(19-29(23)37-6)32(40-41(8,9)33(2,3)4)25(17-13-16-24-14-11-10-12-15-24)20-30-34-22-27(39-30)21-31(35)38-7/h10-12,14-15,18-19,22,25,32H,13,16-17,20-21H2,1-9H3/t25-,32-/m0/s1. The van der Waals surface area contributed by atoms with E-state index in [1.165, 1.54) is 12.7 Å². The Morgan fingerprint density at radius 3 is 2.22 bits per heavy atom. The first-order valence-electron chi connectivity index (χ1n) is 14.3. The molecular weight excluding hydrogens is 534 g/mol. The van der Waals surface area contributed by atoms with E-state index in [1.54, 1.807) is 20.4 Å². The molecule has 0 unspecified atom stereocenters. The SMILES string of the molecule is COC(=O)Cc1cnc(C[C@H](CCCc2ccccc2)[C@H](O[Si](C)(C)C(C)(C)C)c2cc(OC)c(C)c(OC)c2)o1. The van der Waals surface area contributed by atoms with Gasteiger partial charge in [0, 0.05) is 12.0 Å². The van der Waals surface area contributed by atoms with Crippen LogP contribution in [0.15, 0.2) is 53.1 Å². The lowest BCUT2D eigenvalue weighted by atomic mass is 9.87. The zero-order valence-electron chi connectivity index (χ0n) is 26.2. The van der Waals surface area contributed by atoms with Crippen molar-refractivity contribution in [3.8, 4) is 11.5 Å². The molecular formula is C33H47NO6Si. The highest BCUT2D eigenvalue weighted by atomic mass is 28.4. The van der Waals surface area contributed by atoms with Gasteiger partial charge in [0.15, 0.2) is 14.2 Å². The van der Waals surface area contributed by atoms with E-state index in [0.717, 1.165) is 41.9 Å². The minimum Gasteiger partial charge on any atom is -0.496 e. The molecule has 0 aliphatic rings. The highest BCUT2D eigenvalue weighted by molar-refractivity contribution is 6.74. The molecule has 0 spiro atoms. The largest absolute Gasteiger partial charge is 0.496 e. The maximum Gasteiger partial charge on any atom is 0.313 e. The Labute approximate surface area is 246 Å². The van der Waals surface area contributed by atoms with Crippen LogP contribution >= 0.6 is 0 Å². The molecule has 1 heterocycles. The summed E-state index contributed by atoms with van der Waals surface area (Å²) in [5.74, 6) is 2.31. The monoisotopic (exact) mass is 581 g/mol. The Balaban J connectivity index is 2.05. The van der Waals surface area contributed by atoms with Crippen molar-refractivity contribution in [3.63, 3.8) is 0 Å². The number of hydrogen-bond acceptors (Lipinski definition) is 7. The van der Waals surface area contributed by atoms with E-state index in [1.807, 2.05) is 13.0 Å². The van der Waals surface area contributed by atoms with E-state index >= 15 is 0 Å². The molecule has 0 bridgehead atoms. The molecule has 1 aromatic heterocycles. The third kappa shape index (κ3) is 8.69. The van der Waals surface area contributed by atoms with Crippen LogP contribution in [-0.4, -0.2) is 40.6 Å². The van der Waals surface area contributed by atoms with Crippen molar-refractivity contribution >= 4 is 14.3 Å². The Morgan fingerprint density at radius 2 is 1.66 bits per heavy atom. The van der Waals surface area contributed by atoms with Crippen molar-refractivity contribution in [1.82, 2.24) is 4.98 Å². The van der Waals surface area contributed by atoms with Gasteiger partial charge < -0.3 is 23.1 Å². The predicted molar refractivity (Wildman–Crippen MR) is 164 cm³/mol. The van der Waals surface area contributed by atoms with Gasteiger partial charge in [0.05, 0.1) is 33.6 Å². The Morgan fingerprint density at radius 1 is 1.02 bits per heavy atom. The molecule has 224 valence electrons. The molecule has 3 rings (SSSR count). The van der Waals surface area contributed by atoms with E-state index < -0.39 is 8.32 Å². The van der Waals surface area contributed by atoms with Crippen molar-refractivity contribution in [2.75, 3.05) is 21.3 Å². The highest BCUT2D eigenvalue weighted by Gasteiger charge is 2.41. The summed E-state index contributed by atoms with van der Waals surface area (Å²) in [4.78, 5) is 16.4. The molecule has 0 aliphatic carbocycles. The normalized spacial score (nSPS) is 13.5. The first-order chi connectivity index (χ1) is 19.4. The fraction of sp³-hybridized carbons (Fsp3) is 0.515. The van der Waals surface area contributed by atoms with Crippen LogP contribution in [0.5, 0.6) is 11.5 Å². The summed E-state index contributed by atoms with van der Waals surface area (Å²) in [5.41, 5.74) is 3.27. The first kappa shape index (κ1) is 32.4. The number of rotatable bonds is 14. The zero-order valence-corrected chi connectivity index (χ0v) is 27.2. The molecule has 0 fully saturated rings. The van der Waals surface area contributed by atoms with Crippen molar-refractivity contribution in [2.45, 2.75) is 84.0 Å². The van der Waals surface area contributed by atoms with Crippen LogP contribution < -0.4 is 9.47 Å². The summed E-state index contributed by atoms with van der Waals surface area (Å²) in [5, 5.41) is 0.00925. The number of esters is 1. The lowest BCUT2D eigenvalue weighted by Crippen LogP contribution is -2.43. The molecule has 3 aromatic rings. The number of carbonyl (C=O) groups excluding carboxylic acids is 1. The van der Waals surface area contributed by atoms with Crippen molar-refractivity contribution in [3.05, 3.63) is 77.0 Å². The second-order valence-electron chi connectivity index (χ2n) is 12.2. The number of hydrogen-bond donors (Lipinski definition) is 0. The molecule has 8 heteroatoms. The Bertz CT molecular complexity index is 1240. The number of carbonyl (C=O) groups is 1. The second-order valence-corrected chi connectivity index (χ2v) is 16.9. The zero-order chi connectivity index (χ0) is 30.2. The van der Waals surface area contributed by atoms with Crippen molar-refractivity contribution < 1.29 is 27.8 Å². The number of methoxy groups -OCH3 is 3. The van der Waals surface area contributed by atoms with Crippen LogP contribution in [0.25, 0.3) is 0 Å². The number of aryl methyl sites for hydroxylation is 1. The van der Waals surface area contributed by atoms with E-state index in [-0.39, 0.29) is 29.5 Å². The summed E-state index contributed by atoms with van der Waals surface area (Å²) >= 11 is 0. The minimum absolute atomic E-state index is 0.00925. The molecule has 41 heavy (non-hydrogen) atoms. The quantitative estimate of drug-likeness (QED) is 0.143. The number of benzene rings is 2. The number of nitrogens with zero attached hydrogens (tertiary/aromatic N) is 1. The lowest BCUT2D eigenvalue weighted by Gasteiger charge is -2.42. The maximum atomic E-state index is 11.8. The van der Waals surface area contributed by atoms with Gasteiger partial charge in [-0.05, 0) is 73.5 Å². The second kappa shape index (κ2) is 14.2. The molecule has 0 radical (unpaired) electrons. The van der Waals surface area contributed by atoms with Crippen LogP contribution in [0.2, 0.25) is 18.1 Å². The number of aromatic nitrogens is 1. The van der Waals surface area contributed by atoms with E-state index in [2.05, 4.69) is 75.2 Å². The van der Waals surface area contributed by atoms with Crippen LogP contribution in [0.1, 0.15) is 68.1 Å². The van der Waals surface area contributed by atoms with Gasteiger partial charge in [-0.2, -0.15) is 0 Å². The average molecular weight is 582 g/mol. The number of oxazole rings is 1. The van der Waals surface area contributed by atoms with E-state index in [9.17, 15) is 4.79 Å². The molecule has 0 saturated heterocycles. The van der Waals surface area contributed by atoms with Crippen molar-refractivity contribution in [1.29, 1.82) is 0 Å². The van der Waals surface area contributed by atoms with Gasteiger partial charge in [0.2, 0.25) is 0 Å². The average Bonchev–Trinajstić information content (AvgIpc) is 3.37. The molecule has 0 N–H and O–H groups in total. The smallest absolute Gasteiger partial charge is 0.313 e. The van der Waals surface area contributed by atoms with Gasteiger partial charge in [-0.25, -0.2) is 4.98 Å². The van der Waals surface area contributed by atoms with Crippen LogP contribution in [-0.2, 0) is 33.2 Å². The van der Waals surface area contributed by atoms with Crippen LogP contribution in [0.4, 0.5) is 0 Å². The van der Waals surface area contributed by atoms with E-state index in [0.29, 0.717) is 18.1 Å². The Hall–Kier alpha value is -3.10. The van der Waals surface area contributed by atoms with Crippen molar-refractivity contribution in [2.24, 2.45) is 5.92 Å². The van der Waals surface area contributed by atoms with Gasteiger partial charge in [0.25, 0.3) is 0 Å². The fourth-order valence-corrected chi connectivity index (χ4v) is 6.05. The fourth-order valence-electron chi connectivity index (χ4n) is 4.74. The minimum atomic E-state index is -2.22. The van der Waals surface area contributed by atoms with Gasteiger partial charge in [-0.1, -0.05) is 51.1 Å². The van der Waals surface area contributed by atoms with Gasteiger partial charge >= 0.3 is 5.97 Å². The lowest BCUT2D eigenvalue weighted by molar-refractivity contribution is -0.140. The van der Waals surface area contributed by atoms with E-state index in [4.69, 9.17) is 23.1 Å². The number of ether oxygens (including phenoxy) is 3. The first-order valence-corrected chi connectivity index (χ1v) is 17.2. The third-order valence-electron chi connectivity index (χ3n) is 8.23. The Kier molecular flexibility index (Phi) is 11.2. The predicted octanol–water partition coefficient (Wildman–Crippen LogP) is 7.66. The molecule has 0 amide bonds. The topological polar surface area (TPSA) is 80.0 Å². The molecule has 2 atom stereocenters. The molecule has 0 aliphatic heterocycles. The summed E-state index contributed by atoms with van der Waals surface area (Å²) in [6.07, 6.45) is 4.82. The summed E-state index contributed by atoms with van der Waals surface area (Å²) in [6.45, 7) is 13.3. The van der Waals surface area contributed by atoms with Crippen LogP contribution in [0, 0.1) is 12.8 Å². The van der Waals surface area contributed by atoms with Gasteiger partial charge in [-0.3, -0.25) is 4.79 Å². The maximum absolute atomic E-state index is 11.8. The molecule has 7 nitrogen and oxygen atoms in total. The van der Waals surface area contributed by atoms with Gasteiger partial charge in [-0.15, -0.1) is 0 Å². The molecule has 0 saturated carbocycles. The van der Waals surface area contributed by atoms with Crippen LogP contribution in [0.3, 0.4) is 0 Å². The third-order valence-corrected chi connectivity index (χ3v) is 12.7. The summed E-state index contributed by atoms with van der Waals surface area (Å²) in [6, 6.07) is 14.7. The summed E-state index contributed by atoms with van der Waals surface area (Å²) < 4.78 is 29.6. The summed E-state index contributed by atoms with van der Waals surface area (Å²) in [7, 11) is 2.52. The molecule has 2 aromatic carbocycles. The highest BCUT2D eigenvalue weighted by Crippen LogP contribution is 2.45. The van der Waals surface area contributed by atoms with Gasteiger partial charge in [0.1, 0.15) is 23.7 Å².